The van der Waals surface area contributed by atoms with Crippen LogP contribution in [-0.4, -0.2) is 29.6 Å². The van der Waals surface area contributed by atoms with Gasteiger partial charge in [-0.3, -0.25) is 9.78 Å². The Hall–Kier alpha value is -3.87. The van der Waals surface area contributed by atoms with Crippen molar-refractivity contribution in [2.24, 2.45) is 5.92 Å². The molecule has 0 unspecified atom stereocenters. The van der Waals surface area contributed by atoms with Crippen LogP contribution in [0, 0.1) is 5.92 Å². The van der Waals surface area contributed by atoms with E-state index >= 15 is 0 Å². The summed E-state index contributed by atoms with van der Waals surface area (Å²) in [4.78, 5) is 31.4. The van der Waals surface area contributed by atoms with Gasteiger partial charge in [-0.15, -0.1) is 0 Å². The highest BCUT2D eigenvalue weighted by molar-refractivity contribution is 5.94. The molecule has 0 saturated heterocycles. The van der Waals surface area contributed by atoms with Gasteiger partial charge in [-0.25, -0.2) is 4.79 Å². The number of benzene rings is 2. The number of aromatic nitrogens is 1. The van der Waals surface area contributed by atoms with Gasteiger partial charge in [0, 0.05) is 36.2 Å². The lowest BCUT2D eigenvalue weighted by molar-refractivity contribution is -0.118. The number of nitrogens with one attached hydrogen (secondary N) is 1. The van der Waals surface area contributed by atoms with Gasteiger partial charge < -0.3 is 19.7 Å². The highest BCUT2D eigenvalue weighted by atomic mass is 16.6. The van der Waals surface area contributed by atoms with Crippen molar-refractivity contribution in [1.82, 2.24) is 4.98 Å². The van der Waals surface area contributed by atoms with Gasteiger partial charge in [-0.05, 0) is 68.8 Å². The summed E-state index contributed by atoms with van der Waals surface area (Å²) < 4.78 is 11.0. The summed E-state index contributed by atoms with van der Waals surface area (Å²) in [5, 5.41) is 2.95. The second-order valence-electron chi connectivity index (χ2n) is 9.53. The van der Waals surface area contributed by atoms with Gasteiger partial charge >= 0.3 is 5.97 Å². The van der Waals surface area contributed by atoms with Crippen molar-refractivity contribution >= 4 is 28.9 Å². The van der Waals surface area contributed by atoms with E-state index in [2.05, 4.69) is 15.2 Å². The standard InChI is InChI=1S/C28H33N3O4/c1-19(2)26(32)30-24-16-23(12-13-25(24)34-6)31(18-20-9-8-14-29-17-20)22-11-7-10-21(15-22)27(33)35-28(3,4)5/h7-17,19H,18H2,1-6H3,(H,30,32). The third-order valence-corrected chi connectivity index (χ3v) is 5.13. The Morgan fingerprint density at radius 1 is 1.03 bits per heavy atom. The Bertz CT molecular complexity index is 1170. The van der Waals surface area contributed by atoms with Gasteiger partial charge in [0.1, 0.15) is 11.4 Å². The molecule has 1 amide bonds. The molecule has 0 radical (unpaired) electrons. The molecular weight excluding hydrogens is 442 g/mol. The molecule has 1 aromatic heterocycles. The minimum atomic E-state index is -0.595. The minimum absolute atomic E-state index is 0.105. The Balaban J connectivity index is 2.05. The Labute approximate surface area is 207 Å². The molecule has 184 valence electrons. The van der Waals surface area contributed by atoms with Crippen LogP contribution in [0.4, 0.5) is 17.1 Å². The summed E-state index contributed by atoms with van der Waals surface area (Å²) in [7, 11) is 1.57. The fourth-order valence-corrected chi connectivity index (χ4v) is 3.38. The first-order chi connectivity index (χ1) is 16.6. The molecule has 0 aliphatic carbocycles. The fraction of sp³-hybridized carbons (Fsp3) is 0.321. The predicted octanol–water partition coefficient (Wildman–Crippen LogP) is 5.98. The number of ether oxygens (including phenoxy) is 2. The van der Waals surface area contributed by atoms with Crippen molar-refractivity contribution in [3.05, 3.63) is 78.1 Å². The van der Waals surface area contributed by atoms with Crippen molar-refractivity contribution in [2.45, 2.75) is 46.8 Å². The quantitative estimate of drug-likeness (QED) is 0.404. The number of rotatable bonds is 8. The van der Waals surface area contributed by atoms with Gasteiger partial charge in [-0.2, -0.15) is 0 Å². The Kier molecular flexibility index (Phi) is 8.12. The lowest BCUT2D eigenvalue weighted by Crippen LogP contribution is -2.24. The third-order valence-electron chi connectivity index (χ3n) is 5.13. The average Bonchev–Trinajstić information content (AvgIpc) is 2.82. The van der Waals surface area contributed by atoms with Gasteiger partial charge in [-0.1, -0.05) is 26.0 Å². The molecule has 0 atom stereocenters. The zero-order valence-corrected chi connectivity index (χ0v) is 21.2. The van der Waals surface area contributed by atoms with Crippen molar-refractivity contribution in [3.63, 3.8) is 0 Å². The molecule has 7 heteroatoms. The highest BCUT2D eigenvalue weighted by Gasteiger charge is 2.20. The number of pyridine rings is 1. The van der Waals surface area contributed by atoms with Crippen LogP contribution in [0.1, 0.15) is 50.5 Å². The third kappa shape index (κ3) is 7.06. The second kappa shape index (κ2) is 11.0. The normalized spacial score (nSPS) is 11.2. The summed E-state index contributed by atoms with van der Waals surface area (Å²) in [5.41, 5.74) is 3.03. The molecule has 1 N–H and O–H groups in total. The van der Waals surface area contributed by atoms with Crippen LogP contribution < -0.4 is 15.0 Å². The zero-order valence-electron chi connectivity index (χ0n) is 21.2. The van der Waals surface area contributed by atoms with E-state index in [4.69, 9.17) is 9.47 Å². The molecule has 0 aliphatic heterocycles. The topological polar surface area (TPSA) is 80.8 Å². The van der Waals surface area contributed by atoms with Gasteiger partial charge in [0.2, 0.25) is 5.91 Å². The summed E-state index contributed by atoms with van der Waals surface area (Å²) in [6, 6.07) is 16.8. The van der Waals surface area contributed by atoms with E-state index in [1.165, 1.54) is 0 Å². The molecule has 0 saturated carbocycles. The zero-order chi connectivity index (χ0) is 25.6. The maximum Gasteiger partial charge on any atom is 0.338 e. The summed E-state index contributed by atoms with van der Waals surface area (Å²) >= 11 is 0. The first-order valence-electron chi connectivity index (χ1n) is 11.6. The maximum atomic E-state index is 12.7. The van der Waals surface area contributed by atoms with Gasteiger partial charge in [0.05, 0.1) is 18.4 Å². The summed E-state index contributed by atoms with van der Waals surface area (Å²) in [6.07, 6.45) is 3.53. The van der Waals surface area contributed by atoms with Crippen molar-refractivity contribution < 1.29 is 19.1 Å². The lowest BCUT2D eigenvalue weighted by atomic mass is 10.1. The van der Waals surface area contributed by atoms with Crippen LogP contribution in [-0.2, 0) is 16.1 Å². The number of esters is 1. The maximum absolute atomic E-state index is 12.7. The average molecular weight is 476 g/mol. The van der Waals surface area contributed by atoms with E-state index < -0.39 is 5.60 Å². The van der Waals surface area contributed by atoms with Gasteiger partial charge in [0.15, 0.2) is 0 Å². The van der Waals surface area contributed by atoms with E-state index in [1.807, 2.05) is 77.1 Å². The lowest BCUT2D eigenvalue weighted by Gasteiger charge is -2.27. The van der Waals surface area contributed by atoms with Crippen molar-refractivity contribution in [3.8, 4) is 5.75 Å². The molecule has 0 spiro atoms. The van der Waals surface area contributed by atoms with Crippen LogP contribution in [0.2, 0.25) is 0 Å². The van der Waals surface area contributed by atoms with Gasteiger partial charge in [0.25, 0.3) is 0 Å². The number of anilines is 3. The first kappa shape index (κ1) is 25.7. The van der Waals surface area contributed by atoms with Crippen LogP contribution in [0.25, 0.3) is 0 Å². The van der Waals surface area contributed by atoms with Crippen LogP contribution >= 0.6 is 0 Å². The molecule has 35 heavy (non-hydrogen) atoms. The molecule has 3 aromatic rings. The van der Waals surface area contributed by atoms with E-state index in [9.17, 15) is 9.59 Å². The predicted molar refractivity (Wildman–Crippen MR) is 138 cm³/mol. The molecule has 0 bridgehead atoms. The minimum Gasteiger partial charge on any atom is -0.495 e. The molecule has 0 fully saturated rings. The van der Waals surface area contributed by atoms with Crippen molar-refractivity contribution in [2.75, 3.05) is 17.3 Å². The van der Waals surface area contributed by atoms with E-state index in [0.29, 0.717) is 23.5 Å². The largest absolute Gasteiger partial charge is 0.495 e. The smallest absolute Gasteiger partial charge is 0.338 e. The van der Waals surface area contributed by atoms with Crippen molar-refractivity contribution in [1.29, 1.82) is 0 Å². The van der Waals surface area contributed by atoms with Crippen LogP contribution in [0.3, 0.4) is 0 Å². The van der Waals surface area contributed by atoms with E-state index in [-0.39, 0.29) is 17.8 Å². The second-order valence-corrected chi connectivity index (χ2v) is 9.53. The summed E-state index contributed by atoms with van der Waals surface area (Å²) in [6.45, 7) is 9.69. The number of carbonyl (C=O) groups is 2. The molecule has 1 heterocycles. The van der Waals surface area contributed by atoms with E-state index in [0.717, 1.165) is 16.9 Å². The molecule has 7 nitrogen and oxygen atoms in total. The number of methoxy groups -OCH3 is 1. The Morgan fingerprint density at radius 3 is 2.40 bits per heavy atom. The SMILES string of the molecule is COc1ccc(N(Cc2cccnc2)c2cccc(C(=O)OC(C)(C)C)c2)cc1NC(=O)C(C)C. The van der Waals surface area contributed by atoms with Crippen LogP contribution in [0.5, 0.6) is 5.75 Å². The van der Waals surface area contributed by atoms with E-state index in [1.54, 1.807) is 31.6 Å². The Morgan fingerprint density at radius 2 is 1.77 bits per heavy atom. The number of hydrogen-bond acceptors (Lipinski definition) is 6. The number of nitrogens with zero attached hydrogens (tertiary/aromatic N) is 2. The molecule has 3 rings (SSSR count). The number of hydrogen-bond donors (Lipinski definition) is 1. The number of amides is 1. The fourth-order valence-electron chi connectivity index (χ4n) is 3.38. The monoisotopic (exact) mass is 475 g/mol. The molecule has 2 aromatic carbocycles. The first-order valence-corrected chi connectivity index (χ1v) is 11.6. The molecular formula is C28H33N3O4. The highest BCUT2D eigenvalue weighted by Crippen LogP contribution is 2.35. The van der Waals surface area contributed by atoms with Crippen LogP contribution in [0.15, 0.2) is 67.0 Å². The number of carbonyl (C=O) groups excluding carboxylic acids is 2. The molecule has 0 aliphatic rings. The summed E-state index contributed by atoms with van der Waals surface area (Å²) in [5.74, 6) is -0.113.